The van der Waals surface area contributed by atoms with E-state index in [4.69, 9.17) is 5.73 Å². The van der Waals surface area contributed by atoms with Crippen LogP contribution in [-0.2, 0) is 10.8 Å². The molecule has 0 spiro atoms. The first kappa shape index (κ1) is 14.1. The van der Waals surface area contributed by atoms with Crippen molar-refractivity contribution in [1.82, 2.24) is 0 Å². The Morgan fingerprint density at radius 2 is 2.00 bits per heavy atom. The van der Waals surface area contributed by atoms with Crippen LogP contribution < -0.4 is 5.73 Å². The Kier molecular flexibility index (Phi) is 9.73. The van der Waals surface area contributed by atoms with E-state index in [0.29, 0.717) is 12.5 Å². The van der Waals surface area contributed by atoms with Crippen molar-refractivity contribution in [3.63, 3.8) is 0 Å². The van der Waals surface area contributed by atoms with Crippen LogP contribution in [0, 0.1) is 5.92 Å². The van der Waals surface area contributed by atoms with Gasteiger partial charge in [-0.1, -0.05) is 33.1 Å². The van der Waals surface area contributed by atoms with Gasteiger partial charge >= 0.3 is 0 Å². The van der Waals surface area contributed by atoms with Crippen molar-refractivity contribution >= 4 is 10.8 Å². The lowest BCUT2D eigenvalue weighted by atomic mass is 10.0. The summed E-state index contributed by atoms with van der Waals surface area (Å²) in [6.45, 7) is 5.07. The summed E-state index contributed by atoms with van der Waals surface area (Å²) in [6.07, 6.45) is 5.81. The molecule has 2 nitrogen and oxygen atoms in total. The van der Waals surface area contributed by atoms with Gasteiger partial charge in [0.15, 0.2) is 0 Å². The van der Waals surface area contributed by atoms with Gasteiger partial charge in [-0.05, 0) is 25.3 Å². The highest BCUT2D eigenvalue weighted by Gasteiger charge is 2.09. The lowest BCUT2D eigenvalue weighted by Gasteiger charge is -2.13. The summed E-state index contributed by atoms with van der Waals surface area (Å²) >= 11 is 0. The fourth-order valence-corrected chi connectivity index (χ4v) is 3.07. The zero-order valence-electron chi connectivity index (χ0n) is 9.63. The molecule has 0 bridgehead atoms. The minimum Gasteiger partial charge on any atom is -0.330 e. The Bertz CT molecular complexity index is 150. The molecule has 2 N–H and O–H groups in total. The Morgan fingerprint density at radius 3 is 2.50 bits per heavy atom. The average molecular weight is 219 g/mol. The molecule has 0 radical (unpaired) electrons. The molecular formula is C11H25NOS. The maximum absolute atomic E-state index is 11.6. The van der Waals surface area contributed by atoms with Gasteiger partial charge in [0.1, 0.15) is 0 Å². The second-order valence-corrected chi connectivity index (χ2v) is 5.49. The van der Waals surface area contributed by atoms with Crippen molar-refractivity contribution in [3.05, 3.63) is 0 Å². The van der Waals surface area contributed by atoms with Crippen molar-refractivity contribution in [2.24, 2.45) is 11.7 Å². The van der Waals surface area contributed by atoms with Gasteiger partial charge in [-0.2, -0.15) is 0 Å². The normalized spacial score (nSPS) is 15.4. The minimum absolute atomic E-state index is 0.633. The van der Waals surface area contributed by atoms with Crippen LogP contribution in [0.3, 0.4) is 0 Å². The van der Waals surface area contributed by atoms with Crippen LogP contribution in [0.1, 0.15) is 46.0 Å². The Morgan fingerprint density at radius 1 is 1.29 bits per heavy atom. The molecule has 3 heteroatoms. The summed E-state index contributed by atoms with van der Waals surface area (Å²) in [6, 6.07) is 0. The summed E-state index contributed by atoms with van der Waals surface area (Å²) in [5.74, 6) is 2.34. The molecule has 0 aliphatic heterocycles. The first-order chi connectivity index (χ1) is 6.74. The van der Waals surface area contributed by atoms with Crippen LogP contribution in [0.15, 0.2) is 0 Å². The topological polar surface area (TPSA) is 43.1 Å². The van der Waals surface area contributed by atoms with E-state index in [-0.39, 0.29) is 0 Å². The van der Waals surface area contributed by atoms with Gasteiger partial charge in [0.25, 0.3) is 0 Å². The van der Waals surface area contributed by atoms with Crippen molar-refractivity contribution in [2.75, 3.05) is 18.1 Å². The van der Waals surface area contributed by atoms with Crippen LogP contribution in [-0.4, -0.2) is 22.3 Å². The van der Waals surface area contributed by atoms with Crippen LogP contribution >= 0.6 is 0 Å². The predicted octanol–water partition coefficient (Wildman–Crippen LogP) is 2.30. The molecule has 0 heterocycles. The summed E-state index contributed by atoms with van der Waals surface area (Å²) in [5, 5.41) is 0. The monoisotopic (exact) mass is 219 g/mol. The molecule has 86 valence electrons. The summed E-state index contributed by atoms with van der Waals surface area (Å²) in [7, 11) is -0.633. The molecule has 0 fully saturated rings. The fourth-order valence-electron chi connectivity index (χ4n) is 1.49. The lowest BCUT2D eigenvalue weighted by molar-refractivity contribution is 0.494. The van der Waals surface area contributed by atoms with Gasteiger partial charge < -0.3 is 5.73 Å². The molecular weight excluding hydrogens is 194 g/mol. The number of unbranched alkanes of at least 4 members (excludes halogenated alkanes) is 1. The molecule has 0 aromatic rings. The molecule has 0 aliphatic rings. The van der Waals surface area contributed by atoms with E-state index in [1.165, 1.54) is 19.3 Å². The quantitative estimate of drug-likeness (QED) is 0.646. The third-order valence-electron chi connectivity index (χ3n) is 2.54. The SMILES string of the molecule is CCCCC(CC)CS(=O)CCCN. The van der Waals surface area contributed by atoms with Gasteiger partial charge in [-0.15, -0.1) is 0 Å². The highest BCUT2D eigenvalue weighted by atomic mass is 32.2. The number of nitrogens with two attached hydrogens (primary N) is 1. The van der Waals surface area contributed by atoms with Gasteiger partial charge in [0, 0.05) is 22.3 Å². The lowest BCUT2D eigenvalue weighted by Crippen LogP contribution is -2.15. The molecule has 0 aromatic heterocycles. The molecule has 0 saturated heterocycles. The standard InChI is InChI=1S/C11H25NOS/c1-3-5-7-11(4-2)10-14(13)9-6-8-12/h11H,3-10,12H2,1-2H3. The second kappa shape index (κ2) is 9.66. The first-order valence-corrected chi connectivity index (χ1v) is 7.28. The van der Waals surface area contributed by atoms with E-state index >= 15 is 0 Å². The summed E-state index contributed by atoms with van der Waals surface area (Å²) < 4.78 is 11.6. The number of hydrogen-bond donors (Lipinski definition) is 1. The molecule has 0 rings (SSSR count). The van der Waals surface area contributed by atoms with E-state index < -0.39 is 10.8 Å². The van der Waals surface area contributed by atoms with Crippen LogP contribution in [0.4, 0.5) is 0 Å². The largest absolute Gasteiger partial charge is 0.330 e. The van der Waals surface area contributed by atoms with E-state index in [0.717, 1.165) is 24.3 Å². The zero-order chi connectivity index (χ0) is 10.8. The third-order valence-corrected chi connectivity index (χ3v) is 4.13. The Labute approximate surface area is 91.1 Å². The van der Waals surface area contributed by atoms with Gasteiger partial charge in [0.2, 0.25) is 0 Å². The fraction of sp³-hybridized carbons (Fsp3) is 1.00. The highest BCUT2D eigenvalue weighted by molar-refractivity contribution is 7.84. The molecule has 14 heavy (non-hydrogen) atoms. The van der Waals surface area contributed by atoms with E-state index in [1.807, 2.05) is 0 Å². The van der Waals surface area contributed by atoms with Gasteiger partial charge in [-0.25, -0.2) is 0 Å². The zero-order valence-corrected chi connectivity index (χ0v) is 10.4. The Balaban J connectivity index is 3.62. The highest BCUT2D eigenvalue weighted by Crippen LogP contribution is 2.14. The molecule has 0 amide bonds. The van der Waals surface area contributed by atoms with Gasteiger partial charge in [0.05, 0.1) is 0 Å². The van der Waals surface area contributed by atoms with Crippen molar-refractivity contribution in [2.45, 2.75) is 46.0 Å². The van der Waals surface area contributed by atoms with E-state index in [9.17, 15) is 4.21 Å². The third kappa shape index (κ3) is 7.51. The predicted molar refractivity (Wildman–Crippen MR) is 64.9 cm³/mol. The number of rotatable bonds is 9. The van der Waals surface area contributed by atoms with E-state index in [2.05, 4.69) is 13.8 Å². The Hall–Kier alpha value is 0.110. The van der Waals surface area contributed by atoms with Crippen LogP contribution in [0.2, 0.25) is 0 Å². The van der Waals surface area contributed by atoms with Crippen molar-refractivity contribution in [1.29, 1.82) is 0 Å². The average Bonchev–Trinajstić information content (AvgIpc) is 2.21. The second-order valence-electron chi connectivity index (χ2n) is 3.87. The first-order valence-electron chi connectivity index (χ1n) is 5.79. The molecule has 0 aliphatic carbocycles. The van der Waals surface area contributed by atoms with Gasteiger partial charge in [-0.3, -0.25) is 4.21 Å². The maximum Gasteiger partial charge on any atom is 0.0263 e. The summed E-state index contributed by atoms with van der Waals surface area (Å²) in [4.78, 5) is 0. The molecule has 2 atom stereocenters. The smallest absolute Gasteiger partial charge is 0.0263 e. The van der Waals surface area contributed by atoms with Crippen LogP contribution in [0.5, 0.6) is 0 Å². The number of hydrogen-bond acceptors (Lipinski definition) is 2. The van der Waals surface area contributed by atoms with Crippen molar-refractivity contribution < 1.29 is 4.21 Å². The van der Waals surface area contributed by atoms with Crippen molar-refractivity contribution in [3.8, 4) is 0 Å². The summed E-state index contributed by atoms with van der Waals surface area (Å²) in [5.41, 5.74) is 5.39. The molecule has 2 unspecified atom stereocenters. The van der Waals surface area contributed by atoms with Crippen LogP contribution in [0.25, 0.3) is 0 Å². The van der Waals surface area contributed by atoms with E-state index in [1.54, 1.807) is 0 Å². The maximum atomic E-state index is 11.6. The molecule has 0 saturated carbocycles. The minimum atomic E-state index is -0.633. The molecule has 0 aromatic carbocycles.